The first-order chi connectivity index (χ1) is 17.8. The lowest BCUT2D eigenvalue weighted by Crippen LogP contribution is -2.29. The number of fused-ring (bicyclic) bond motifs is 1. The molecule has 1 amide bonds. The Labute approximate surface area is 223 Å². The summed E-state index contributed by atoms with van der Waals surface area (Å²) in [6.07, 6.45) is 0. The van der Waals surface area contributed by atoms with E-state index in [1.165, 1.54) is 16.2 Å². The molecule has 1 N–H and O–H groups in total. The number of anilines is 2. The predicted molar refractivity (Wildman–Crippen MR) is 148 cm³/mol. The molecule has 7 nitrogen and oxygen atoms in total. The number of ether oxygens (including phenoxy) is 1. The summed E-state index contributed by atoms with van der Waals surface area (Å²) in [7, 11) is 3.86. The number of nitrogens with zero attached hydrogens (tertiary/aromatic N) is 3. The molecule has 37 heavy (non-hydrogen) atoms. The maximum Gasteiger partial charge on any atom is 0.301 e. The van der Waals surface area contributed by atoms with Gasteiger partial charge in [0.2, 0.25) is 0 Å². The molecule has 1 aliphatic heterocycles. The Morgan fingerprint density at radius 1 is 1.08 bits per heavy atom. The number of carbonyl (C=O) groups is 2. The van der Waals surface area contributed by atoms with Gasteiger partial charge in [0, 0.05) is 30.4 Å². The van der Waals surface area contributed by atoms with Gasteiger partial charge >= 0.3 is 5.91 Å². The summed E-state index contributed by atoms with van der Waals surface area (Å²) in [5.41, 5.74) is 2.72. The van der Waals surface area contributed by atoms with Gasteiger partial charge in [0.15, 0.2) is 5.13 Å². The number of thiazole rings is 1. The monoisotopic (exact) mass is 533 g/mol. The molecule has 1 aromatic heterocycles. The zero-order valence-corrected chi connectivity index (χ0v) is 22.0. The van der Waals surface area contributed by atoms with Crippen LogP contribution in [-0.2, 0) is 9.59 Å². The molecule has 2 heterocycles. The highest BCUT2D eigenvalue weighted by molar-refractivity contribution is 7.22. The molecule has 1 unspecified atom stereocenters. The largest absolute Gasteiger partial charge is 0.507 e. The Morgan fingerprint density at radius 3 is 2.43 bits per heavy atom. The van der Waals surface area contributed by atoms with E-state index in [0.29, 0.717) is 39.2 Å². The highest BCUT2D eigenvalue weighted by Crippen LogP contribution is 2.44. The van der Waals surface area contributed by atoms with Crippen molar-refractivity contribution in [3.63, 3.8) is 0 Å². The fourth-order valence-corrected chi connectivity index (χ4v) is 5.59. The third-order valence-electron chi connectivity index (χ3n) is 6.15. The van der Waals surface area contributed by atoms with Gasteiger partial charge in [-0.1, -0.05) is 35.1 Å². The Bertz CT molecular complexity index is 1530. The Kier molecular flexibility index (Phi) is 6.62. The number of carbonyl (C=O) groups excluding carboxylic acids is 2. The molecule has 0 radical (unpaired) electrons. The molecule has 3 aromatic carbocycles. The van der Waals surface area contributed by atoms with Crippen LogP contribution < -0.4 is 14.5 Å². The number of aliphatic hydroxyl groups is 1. The van der Waals surface area contributed by atoms with Crippen molar-refractivity contribution in [2.45, 2.75) is 13.0 Å². The van der Waals surface area contributed by atoms with Crippen LogP contribution in [0.5, 0.6) is 5.75 Å². The molecule has 1 saturated heterocycles. The van der Waals surface area contributed by atoms with E-state index in [9.17, 15) is 14.7 Å². The van der Waals surface area contributed by atoms with Gasteiger partial charge in [-0.05, 0) is 67.1 Å². The molecule has 1 fully saturated rings. The molecule has 1 atom stereocenters. The van der Waals surface area contributed by atoms with Crippen molar-refractivity contribution in [2.75, 3.05) is 30.5 Å². The van der Waals surface area contributed by atoms with E-state index in [0.717, 1.165) is 10.4 Å². The number of ketones is 1. The van der Waals surface area contributed by atoms with Crippen LogP contribution in [0, 0.1) is 0 Å². The number of halogens is 1. The van der Waals surface area contributed by atoms with Crippen LogP contribution in [0.3, 0.4) is 0 Å². The molecule has 5 rings (SSSR count). The van der Waals surface area contributed by atoms with Crippen LogP contribution in [-0.4, -0.2) is 42.5 Å². The number of Topliss-reactive ketones (excluding diaryl/α,β-unsaturated/α-hetero) is 1. The van der Waals surface area contributed by atoms with Crippen LogP contribution in [0.4, 0.5) is 10.8 Å². The second-order valence-corrected chi connectivity index (χ2v) is 10.2. The molecule has 0 aliphatic carbocycles. The second-order valence-electron chi connectivity index (χ2n) is 8.72. The average Bonchev–Trinajstić information content (AvgIpc) is 3.42. The summed E-state index contributed by atoms with van der Waals surface area (Å²) >= 11 is 7.42. The fourth-order valence-electron chi connectivity index (χ4n) is 4.32. The third kappa shape index (κ3) is 4.54. The number of rotatable bonds is 6. The van der Waals surface area contributed by atoms with Crippen molar-refractivity contribution in [1.29, 1.82) is 0 Å². The summed E-state index contributed by atoms with van der Waals surface area (Å²) in [6.45, 7) is 2.39. The van der Waals surface area contributed by atoms with Gasteiger partial charge in [0.05, 0.1) is 28.4 Å². The molecule has 0 bridgehead atoms. The standard InChI is InChI=1S/C28H24ClN3O4S/c1-4-36-20-12-7-17(8-13-20)25(33)23-24(16-5-10-19(11-6-16)31(2)3)32(27(35)26(23)34)28-30-21-14-9-18(29)15-22(21)37-28/h5-15,24,33H,4H2,1-3H3. The number of aliphatic hydroxyl groups excluding tert-OH is 1. The topological polar surface area (TPSA) is 83.0 Å². The van der Waals surface area contributed by atoms with Crippen LogP contribution in [0.15, 0.2) is 72.3 Å². The molecule has 0 spiro atoms. The van der Waals surface area contributed by atoms with Crippen molar-refractivity contribution in [3.8, 4) is 5.75 Å². The van der Waals surface area contributed by atoms with Gasteiger partial charge in [-0.3, -0.25) is 14.5 Å². The van der Waals surface area contributed by atoms with Gasteiger partial charge in [-0.2, -0.15) is 0 Å². The number of benzene rings is 3. The number of hydrogen-bond donors (Lipinski definition) is 1. The minimum absolute atomic E-state index is 0.00375. The van der Waals surface area contributed by atoms with Gasteiger partial charge in [-0.25, -0.2) is 4.98 Å². The summed E-state index contributed by atoms with van der Waals surface area (Å²) < 4.78 is 6.28. The summed E-state index contributed by atoms with van der Waals surface area (Å²) in [4.78, 5) is 34.8. The van der Waals surface area contributed by atoms with Crippen molar-refractivity contribution >= 4 is 61.4 Å². The minimum Gasteiger partial charge on any atom is -0.507 e. The van der Waals surface area contributed by atoms with Crippen molar-refractivity contribution < 1.29 is 19.4 Å². The highest BCUT2D eigenvalue weighted by atomic mass is 35.5. The van der Waals surface area contributed by atoms with E-state index >= 15 is 0 Å². The molecular formula is C28H24ClN3O4S. The zero-order valence-electron chi connectivity index (χ0n) is 20.4. The number of aromatic nitrogens is 1. The van der Waals surface area contributed by atoms with E-state index in [1.807, 2.05) is 50.2 Å². The first-order valence-electron chi connectivity index (χ1n) is 11.7. The van der Waals surface area contributed by atoms with Gasteiger partial charge in [0.1, 0.15) is 11.5 Å². The zero-order chi connectivity index (χ0) is 26.3. The van der Waals surface area contributed by atoms with E-state index in [1.54, 1.807) is 42.5 Å². The number of hydrogen-bond acceptors (Lipinski definition) is 7. The van der Waals surface area contributed by atoms with E-state index in [2.05, 4.69) is 4.98 Å². The normalized spacial score (nSPS) is 17.0. The minimum atomic E-state index is -0.862. The van der Waals surface area contributed by atoms with Gasteiger partial charge < -0.3 is 14.7 Å². The van der Waals surface area contributed by atoms with Gasteiger partial charge in [-0.15, -0.1) is 0 Å². The third-order valence-corrected chi connectivity index (χ3v) is 7.41. The highest BCUT2D eigenvalue weighted by Gasteiger charge is 2.48. The maximum absolute atomic E-state index is 13.4. The van der Waals surface area contributed by atoms with Crippen LogP contribution in [0.2, 0.25) is 5.02 Å². The molecular weight excluding hydrogens is 510 g/mol. The van der Waals surface area contributed by atoms with Crippen molar-refractivity contribution in [1.82, 2.24) is 4.98 Å². The fraction of sp³-hybridized carbons (Fsp3) is 0.179. The first-order valence-corrected chi connectivity index (χ1v) is 12.9. The van der Waals surface area contributed by atoms with Crippen LogP contribution in [0.1, 0.15) is 24.1 Å². The summed E-state index contributed by atoms with van der Waals surface area (Å²) in [5, 5.41) is 12.2. The predicted octanol–water partition coefficient (Wildman–Crippen LogP) is 6.04. The second kappa shape index (κ2) is 9.88. The molecule has 4 aromatic rings. The van der Waals surface area contributed by atoms with Crippen LogP contribution >= 0.6 is 22.9 Å². The van der Waals surface area contributed by atoms with E-state index < -0.39 is 17.7 Å². The molecule has 9 heteroatoms. The summed E-state index contributed by atoms with van der Waals surface area (Å²) in [5.74, 6) is -1.14. The smallest absolute Gasteiger partial charge is 0.301 e. The maximum atomic E-state index is 13.4. The summed E-state index contributed by atoms with van der Waals surface area (Å²) in [6, 6.07) is 18.7. The Balaban J connectivity index is 1.68. The molecule has 188 valence electrons. The van der Waals surface area contributed by atoms with E-state index in [4.69, 9.17) is 16.3 Å². The average molecular weight is 534 g/mol. The molecule has 1 aliphatic rings. The van der Waals surface area contributed by atoms with Crippen LogP contribution in [0.25, 0.3) is 16.0 Å². The molecule has 0 saturated carbocycles. The van der Waals surface area contributed by atoms with Gasteiger partial charge in [0.25, 0.3) is 5.78 Å². The van der Waals surface area contributed by atoms with E-state index in [-0.39, 0.29) is 11.3 Å². The Morgan fingerprint density at radius 2 is 1.78 bits per heavy atom. The lowest BCUT2D eigenvalue weighted by molar-refractivity contribution is -0.132. The lowest BCUT2D eigenvalue weighted by Gasteiger charge is -2.23. The SMILES string of the molecule is CCOc1ccc(C(O)=C2C(=O)C(=O)N(c3nc4ccc(Cl)cc4s3)C2c2ccc(N(C)C)cc2)cc1. The first kappa shape index (κ1) is 24.8. The van der Waals surface area contributed by atoms with Crippen molar-refractivity contribution in [3.05, 3.63) is 88.5 Å². The number of amides is 1. The van der Waals surface area contributed by atoms with Crippen molar-refractivity contribution in [2.24, 2.45) is 0 Å². The quantitative estimate of drug-likeness (QED) is 0.185. The lowest BCUT2D eigenvalue weighted by atomic mass is 9.95. The Hall–Kier alpha value is -3.88.